The van der Waals surface area contributed by atoms with Gasteiger partial charge in [-0.05, 0) is 42.5 Å². The van der Waals surface area contributed by atoms with Crippen LogP contribution in [-0.2, 0) is 9.53 Å². The summed E-state index contributed by atoms with van der Waals surface area (Å²) in [5, 5.41) is 0.0572. The maximum atomic E-state index is 13.2. The summed E-state index contributed by atoms with van der Waals surface area (Å²) in [6, 6.07) is 9.52. The number of esters is 1. The largest absolute Gasteiger partial charge is 0.452 e. The summed E-state index contributed by atoms with van der Waals surface area (Å²) in [6.45, 7) is 1.63. The third kappa shape index (κ3) is 4.74. The highest BCUT2D eigenvalue weighted by atomic mass is 35.5. The third-order valence-electron chi connectivity index (χ3n) is 4.30. The van der Waals surface area contributed by atoms with Crippen LogP contribution in [0, 0.1) is 11.6 Å². The molecule has 0 bridgehead atoms. The van der Waals surface area contributed by atoms with E-state index < -0.39 is 18.4 Å². The molecule has 0 aromatic heterocycles. The highest BCUT2D eigenvalue weighted by molar-refractivity contribution is 6.33. The minimum absolute atomic E-state index is 0.0572. The molecule has 2 aromatic carbocycles. The zero-order valence-corrected chi connectivity index (χ0v) is 15.1. The minimum atomic E-state index is -0.849. The average Bonchev–Trinajstić information content (AvgIpc) is 2.68. The Kier molecular flexibility index (Phi) is 5.91. The SMILES string of the molecule is O=C(OCC(=O)N1CCN(c2ccc(F)cc2)CC1)c1cc(F)ccc1Cl. The second kappa shape index (κ2) is 8.35. The molecule has 0 spiro atoms. The van der Waals surface area contributed by atoms with Gasteiger partial charge in [-0.3, -0.25) is 4.79 Å². The summed E-state index contributed by atoms with van der Waals surface area (Å²) in [5.74, 6) is -2.10. The van der Waals surface area contributed by atoms with Gasteiger partial charge in [0, 0.05) is 31.9 Å². The Morgan fingerprint density at radius 1 is 0.963 bits per heavy atom. The van der Waals surface area contributed by atoms with Gasteiger partial charge in [-0.2, -0.15) is 0 Å². The highest BCUT2D eigenvalue weighted by Crippen LogP contribution is 2.19. The van der Waals surface area contributed by atoms with Gasteiger partial charge in [0.2, 0.25) is 0 Å². The van der Waals surface area contributed by atoms with Crippen LogP contribution in [0.5, 0.6) is 0 Å². The summed E-state index contributed by atoms with van der Waals surface area (Å²) in [7, 11) is 0. The molecule has 27 heavy (non-hydrogen) atoms. The molecule has 3 rings (SSSR count). The lowest BCUT2D eigenvalue weighted by Crippen LogP contribution is -2.49. The van der Waals surface area contributed by atoms with Crippen molar-refractivity contribution in [3.8, 4) is 0 Å². The van der Waals surface area contributed by atoms with Crippen LogP contribution < -0.4 is 4.90 Å². The fourth-order valence-electron chi connectivity index (χ4n) is 2.82. The van der Waals surface area contributed by atoms with Crippen LogP contribution in [0.15, 0.2) is 42.5 Å². The van der Waals surface area contributed by atoms with Crippen LogP contribution in [0.1, 0.15) is 10.4 Å². The molecule has 1 aliphatic rings. The Morgan fingerprint density at radius 2 is 1.59 bits per heavy atom. The Labute approximate surface area is 160 Å². The van der Waals surface area contributed by atoms with E-state index in [9.17, 15) is 18.4 Å². The van der Waals surface area contributed by atoms with E-state index in [1.807, 2.05) is 4.90 Å². The molecule has 0 radical (unpaired) electrons. The predicted molar refractivity (Wildman–Crippen MR) is 96.9 cm³/mol. The molecule has 0 saturated carbocycles. The molecule has 142 valence electrons. The summed E-state index contributed by atoms with van der Waals surface area (Å²) >= 11 is 5.85. The lowest BCUT2D eigenvalue weighted by Gasteiger charge is -2.36. The first kappa shape index (κ1) is 19.1. The number of carbonyl (C=O) groups is 2. The van der Waals surface area contributed by atoms with Gasteiger partial charge in [-0.1, -0.05) is 11.6 Å². The number of hydrogen-bond donors (Lipinski definition) is 0. The van der Waals surface area contributed by atoms with Crippen molar-refractivity contribution in [3.63, 3.8) is 0 Å². The van der Waals surface area contributed by atoms with Crippen molar-refractivity contribution in [2.24, 2.45) is 0 Å². The van der Waals surface area contributed by atoms with E-state index >= 15 is 0 Å². The molecular formula is C19H17ClF2N2O3. The first-order valence-electron chi connectivity index (χ1n) is 8.34. The fraction of sp³-hybridized carbons (Fsp3) is 0.263. The van der Waals surface area contributed by atoms with E-state index in [0.717, 1.165) is 17.8 Å². The molecule has 8 heteroatoms. The lowest BCUT2D eigenvalue weighted by molar-refractivity contribution is -0.134. The van der Waals surface area contributed by atoms with Gasteiger partial charge >= 0.3 is 5.97 Å². The Balaban J connectivity index is 1.50. The van der Waals surface area contributed by atoms with Crippen molar-refractivity contribution < 1.29 is 23.1 Å². The Hall–Kier alpha value is -2.67. The number of rotatable bonds is 4. The number of benzene rings is 2. The number of piperazine rings is 1. The third-order valence-corrected chi connectivity index (χ3v) is 4.63. The summed E-state index contributed by atoms with van der Waals surface area (Å²) in [4.78, 5) is 27.9. The van der Waals surface area contributed by atoms with E-state index in [1.54, 1.807) is 17.0 Å². The molecule has 1 aliphatic heterocycles. The number of ether oxygens (including phenoxy) is 1. The number of hydrogen-bond acceptors (Lipinski definition) is 4. The quantitative estimate of drug-likeness (QED) is 0.748. The molecule has 1 amide bonds. The van der Waals surface area contributed by atoms with Crippen molar-refractivity contribution in [1.82, 2.24) is 4.90 Å². The number of carbonyl (C=O) groups excluding carboxylic acids is 2. The minimum Gasteiger partial charge on any atom is -0.452 e. The van der Waals surface area contributed by atoms with Gasteiger partial charge in [-0.15, -0.1) is 0 Å². The second-order valence-corrected chi connectivity index (χ2v) is 6.45. The van der Waals surface area contributed by atoms with E-state index in [4.69, 9.17) is 16.3 Å². The van der Waals surface area contributed by atoms with Gasteiger partial charge in [0.05, 0.1) is 10.6 Å². The van der Waals surface area contributed by atoms with E-state index in [-0.39, 0.29) is 22.3 Å². The fourth-order valence-corrected chi connectivity index (χ4v) is 3.01. The summed E-state index contributed by atoms with van der Waals surface area (Å²) in [6.07, 6.45) is 0. The van der Waals surface area contributed by atoms with Gasteiger partial charge in [0.15, 0.2) is 6.61 Å². The normalized spacial score (nSPS) is 14.2. The van der Waals surface area contributed by atoms with Crippen LogP contribution in [-0.4, -0.2) is 49.6 Å². The number of halogens is 3. The van der Waals surface area contributed by atoms with Crippen LogP contribution in [0.4, 0.5) is 14.5 Å². The van der Waals surface area contributed by atoms with Gasteiger partial charge in [0.25, 0.3) is 5.91 Å². The molecular weight excluding hydrogens is 378 g/mol. The lowest BCUT2D eigenvalue weighted by atomic mass is 10.2. The topological polar surface area (TPSA) is 49.9 Å². The standard InChI is InChI=1S/C19H17ClF2N2O3/c20-17-6-3-14(22)11-16(17)19(26)27-12-18(25)24-9-7-23(8-10-24)15-4-1-13(21)2-5-15/h1-6,11H,7-10,12H2. The van der Waals surface area contributed by atoms with E-state index in [1.165, 1.54) is 18.2 Å². The Bertz CT molecular complexity index is 837. The van der Waals surface area contributed by atoms with Gasteiger partial charge < -0.3 is 14.5 Å². The number of amides is 1. The van der Waals surface area contributed by atoms with Crippen LogP contribution in [0.25, 0.3) is 0 Å². The van der Waals surface area contributed by atoms with Crippen molar-refractivity contribution >= 4 is 29.2 Å². The summed E-state index contributed by atoms with van der Waals surface area (Å²) in [5.41, 5.74) is 0.765. The smallest absolute Gasteiger partial charge is 0.340 e. The molecule has 0 aliphatic carbocycles. The molecule has 1 fully saturated rings. The van der Waals surface area contributed by atoms with Crippen molar-refractivity contribution in [3.05, 3.63) is 64.7 Å². The molecule has 0 unspecified atom stereocenters. The zero-order valence-electron chi connectivity index (χ0n) is 14.3. The average molecular weight is 395 g/mol. The molecule has 0 N–H and O–H groups in total. The van der Waals surface area contributed by atoms with Crippen molar-refractivity contribution in [1.29, 1.82) is 0 Å². The first-order chi connectivity index (χ1) is 12.9. The van der Waals surface area contributed by atoms with Gasteiger partial charge in [-0.25, -0.2) is 13.6 Å². The van der Waals surface area contributed by atoms with Crippen LogP contribution in [0.3, 0.4) is 0 Å². The maximum Gasteiger partial charge on any atom is 0.340 e. The summed E-state index contributed by atoms with van der Waals surface area (Å²) < 4.78 is 31.2. The number of nitrogens with zero attached hydrogens (tertiary/aromatic N) is 2. The Morgan fingerprint density at radius 3 is 2.26 bits per heavy atom. The van der Waals surface area contributed by atoms with Crippen molar-refractivity contribution in [2.75, 3.05) is 37.7 Å². The molecule has 5 nitrogen and oxygen atoms in total. The highest BCUT2D eigenvalue weighted by Gasteiger charge is 2.23. The van der Waals surface area contributed by atoms with Gasteiger partial charge in [0.1, 0.15) is 11.6 Å². The predicted octanol–water partition coefficient (Wildman–Crippen LogP) is 3.12. The maximum absolute atomic E-state index is 13.2. The molecule has 1 saturated heterocycles. The first-order valence-corrected chi connectivity index (χ1v) is 8.72. The molecule has 0 atom stereocenters. The molecule has 2 aromatic rings. The van der Waals surface area contributed by atoms with Crippen LogP contribution in [0.2, 0.25) is 5.02 Å². The zero-order chi connectivity index (χ0) is 19.4. The monoisotopic (exact) mass is 394 g/mol. The van der Waals surface area contributed by atoms with E-state index in [0.29, 0.717) is 26.2 Å². The van der Waals surface area contributed by atoms with E-state index in [2.05, 4.69) is 0 Å². The molecule has 1 heterocycles. The van der Waals surface area contributed by atoms with Crippen molar-refractivity contribution in [2.45, 2.75) is 0 Å². The van der Waals surface area contributed by atoms with Crippen LogP contribution >= 0.6 is 11.6 Å². The second-order valence-electron chi connectivity index (χ2n) is 6.04. The number of anilines is 1.